The summed E-state index contributed by atoms with van der Waals surface area (Å²) in [6, 6.07) is 8.52. The number of rotatable bonds is 5. The van der Waals surface area contributed by atoms with Gasteiger partial charge in [0.1, 0.15) is 5.75 Å². The highest BCUT2D eigenvalue weighted by atomic mass is 16.5. The van der Waals surface area contributed by atoms with Crippen molar-refractivity contribution in [3.05, 3.63) is 29.8 Å². The first-order valence-electron chi connectivity index (χ1n) is 7.19. The highest BCUT2D eigenvalue weighted by Crippen LogP contribution is 2.19. The van der Waals surface area contributed by atoms with Gasteiger partial charge in [-0.05, 0) is 61.9 Å². The van der Waals surface area contributed by atoms with Gasteiger partial charge in [0.2, 0.25) is 0 Å². The second-order valence-electron chi connectivity index (χ2n) is 5.57. The summed E-state index contributed by atoms with van der Waals surface area (Å²) in [5, 5.41) is 3.45. The zero-order valence-electron chi connectivity index (χ0n) is 11.6. The molecule has 18 heavy (non-hydrogen) atoms. The molecule has 100 valence electrons. The molecular weight excluding hydrogens is 222 g/mol. The molecule has 2 nitrogen and oxygen atoms in total. The number of hydrogen-bond donors (Lipinski definition) is 1. The van der Waals surface area contributed by atoms with E-state index in [2.05, 4.69) is 43.4 Å². The van der Waals surface area contributed by atoms with Crippen LogP contribution in [0.3, 0.4) is 0 Å². The van der Waals surface area contributed by atoms with E-state index in [-0.39, 0.29) is 0 Å². The SMILES string of the molecule is CC(C)c1ccc(OCCC2CCCNC2)cc1. The van der Waals surface area contributed by atoms with Crippen LogP contribution >= 0.6 is 0 Å². The number of benzene rings is 1. The minimum atomic E-state index is 0.590. The van der Waals surface area contributed by atoms with Crippen LogP contribution in [-0.4, -0.2) is 19.7 Å². The largest absolute Gasteiger partial charge is 0.494 e. The molecule has 1 aliphatic rings. The monoisotopic (exact) mass is 247 g/mol. The summed E-state index contributed by atoms with van der Waals surface area (Å²) in [5.41, 5.74) is 1.37. The lowest BCUT2D eigenvalue weighted by molar-refractivity contribution is 0.254. The molecule has 0 saturated carbocycles. The molecule has 0 bridgehead atoms. The number of ether oxygens (including phenoxy) is 1. The van der Waals surface area contributed by atoms with Crippen LogP contribution in [0, 0.1) is 5.92 Å². The van der Waals surface area contributed by atoms with Gasteiger partial charge in [-0.2, -0.15) is 0 Å². The molecule has 2 heteroatoms. The van der Waals surface area contributed by atoms with Crippen LogP contribution in [0.2, 0.25) is 0 Å². The summed E-state index contributed by atoms with van der Waals surface area (Å²) in [6.45, 7) is 7.62. The first kappa shape index (κ1) is 13.4. The van der Waals surface area contributed by atoms with Crippen molar-refractivity contribution in [2.24, 2.45) is 5.92 Å². The third kappa shape index (κ3) is 4.02. The number of nitrogens with one attached hydrogen (secondary N) is 1. The Kier molecular flexibility index (Phi) is 5.06. The topological polar surface area (TPSA) is 21.3 Å². The van der Waals surface area contributed by atoms with Crippen LogP contribution in [-0.2, 0) is 0 Å². The van der Waals surface area contributed by atoms with Crippen molar-refractivity contribution < 1.29 is 4.74 Å². The molecule has 0 amide bonds. The molecule has 1 aromatic carbocycles. The van der Waals surface area contributed by atoms with Gasteiger partial charge in [-0.1, -0.05) is 26.0 Å². The Hall–Kier alpha value is -1.02. The van der Waals surface area contributed by atoms with E-state index in [1.54, 1.807) is 0 Å². The van der Waals surface area contributed by atoms with Gasteiger partial charge in [-0.25, -0.2) is 0 Å². The van der Waals surface area contributed by atoms with Crippen LogP contribution in [0.1, 0.15) is 44.6 Å². The van der Waals surface area contributed by atoms with Crippen LogP contribution in [0.25, 0.3) is 0 Å². The van der Waals surface area contributed by atoms with E-state index in [4.69, 9.17) is 4.74 Å². The fourth-order valence-electron chi connectivity index (χ4n) is 2.46. The van der Waals surface area contributed by atoms with Crippen LogP contribution in [0.15, 0.2) is 24.3 Å². The third-order valence-electron chi connectivity index (χ3n) is 3.74. The van der Waals surface area contributed by atoms with E-state index in [1.807, 2.05) is 0 Å². The predicted molar refractivity (Wildman–Crippen MR) is 76.2 cm³/mol. The number of piperidine rings is 1. The molecule has 1 atom stereocenters. The van der Waals surface area contributed by atoms with Gasteiger partial charge < -0.3 is 10.1 Å². The van der Waals surface area contributed by atoms with Crippen LogP contribution < -0.4 is 10.1 Å². The molecule has 1 heterocycles. The van der Waals surface area contributed by atoms with Crippen molar-refractivity contribution in [1.29, 1.82) is 0 Å². The second-order valence-corrected chi connectivity index (χ2v) is 5.57. The van der Waals surface area contributed by atoms with Gasteiger partial charge in [0, 0.05) is 0 Å². The third-order valence-corrected chi connectivity index (χ3v) is 3.74. The molecule has 0 spiro atoms. The first-order chi connectivity index (χ1) is 8.75. The summed E-state index contributed by atoms with van der Waals surface area (Å²) in [6.07, 6.45) is 3.83. The van der Waals surface area contributed by atoms with Gasteiger partial charge in [0.05, 0.1) is 6.61 Å². The minimum Gasteiger partial charge on any atom is -0.494 e. The van der Waals surface area contributed by atoms with Crippen LogP contribution in [0.4, 0.5) is 0 Å². The van der Waals surface area contributed by atoms with Gasteiger partial charge in [-0.3, -0.25) is 0 Å². The summed E-state index contributed by atoms with van der Waals surface area (Å²) in [4.78, 5) is 0. The average molecular weight is 247 g/mol. The summed E-state index contributed by atoms with van der Waals surface area (Å²) in [7, 11) is 0. The Bertz CT molecular complexity index is 339. The molecule has 0 aromatic heterocycles. The average Bonchev–Trinajstić information content (AvgIpc) is 2.40. The lowest BCUT2D eigenvalue weighted by Crippen LogP contribution is -2.30. The molecule has 1 aromatic rings. The quantitative estimate of drug-likeness (QED) is 0.858. The Morgan fingerprint density at radius 1 is 1.28 bits per heavy atom. The number of hydrogen-bond acceptors (Lipinski definition) is 2. The Balaban J connectivity index is 1.72. The summed E-state index contributed by atoms with van der Waals surface area (Å²) >= 11 is 0. The molecule has 2 rings (SSSR count). The fourth-order valence-corrected chi connectivity index (χ4v) is 2.46. The highest BCUT2D eigenvalue weighted by Gasteiger charge is 2.12. The summed E-state index contributed by atoms with van der Waals surface area (Å²) in [5.74, 6) is 2.39. The lowest BCUT2D eigenvalue weighted by Gasteiger charge is -2.22. The minimum absolute atomic E-state index is 0.590. The maximum absolute atomic E-state index is 5.82. The maximum atomic E-state index is 5.82. The predicted octanol–water partition coefficient (Wildman–Crippen LogP) is 3.58. The smallest absolute Gasteiger partial charge is 0.119 e. The molecule has 1 N–H and O–H groups in total. The molecule has 1 aliphatic heterocycles. The zero-order valence-corrected chi connectivity index (χ0v) is 11.6. The van der Waals surface area contributed by atoms with Gasteiger partial charge in [-0.15, -0.1) is 0 Å². The molecule has 0 radical (unpaired) electrons. The van der Waals surface area contributed by atoms with Crippen molar-refractivity contribution in [2.45, 2.75) is 39.0 Å². The molecule has 0 aliphatic carbocycles. The maximum Gasteiger partial charge on any atom is 0.119 e. The first-order valence-corrected chi connectivity index (χ1v) is 7.19. The normalized spacial score (nSPS) is 20.1. The van der Waals surface area contributed by atoms with Crippen molar-refractivity contribution in [1.82, 2.24) is 5.32 Å². The fraction of sp³-hybridized carbons (Fsp3) is 0.625. The second kappa shape index (κ2) is 6.79. The van der Waals surface area contributed by atoms with E-state index in [1.165, 1.54) is 31.4 Å². The summed E-state index contributed by atoms with van der Waals surface area (Å²) < 4.78 is 5.82. The van der Waals surface area contributed by atoms with Crippen molar-refractivity contribution in [3.63, 3.8) is 0 Å². The molecule has 1 fully saturated rings. The molecule has 1 unspecified atom stereocenters. The van der Waals surface area contributed by atoms with Gasteiger partial charge in [0.25, 0.3) is 0 Å². The van der Waals surface area contributed by atoms with Crippen molar-refractivity contribution in [2.75, 3.05) is 19.7 Å². The highest BCUT2D eigenvalue weighted by molar-refractivity contribution is 5.28. The van der Waals surface area contributed by atoms with Gasteiger partial charge >= 0.3 is 0 Å². The van der Waals surface area contributed by atoms with E-state index in [0.717, 1.165) is 24.8 Å². The molecule has 1 saturated heterocycles. The van der Waals surface area contributed by atoms with E-state index < -0.39 is 0 Å². The van der Waals surface area contributed by atoms with E-state index in [0.29, 0.717) is 5.92 Å². The van der Waals surface area contributed by atoms with Crippen molar-refractivity contribution in [3.8, 4) is 5.75 Å². The zero-order chi connectivity index (χ0) is 12.8. The van der Waals surface area contributed by atoms with Crippen molar-refractivity contribution >= 4 is 0 Å². The Morgan fingerprint density at radius 2 is 2.06 bits per heavy atom. The Labute approximate surface area is 111 Å². The van der Waals surface area contributed by atoms with Gasteiger partial charge in [0.15, 0.2) is 0 Å². The van der Waals surface area contributed by atoms with E-state index >= 15 is 0 Å². The van der Waals surface area contributed by atoms with E-state index in [9.17, 15) is 0 Å². The lowest BCUT2D eigenvalue weighted by atomic mass is 9.97. The Morgan fingerprint density at radius 3 is 2.67 bits per heavy atom. The standard InChI is InChI=1S/C16H25NO/c1-13(2)15-5-7-16(8-6-15)18-11-9-14-4-3-10-17-12-14/h5-8,13-14,17H,3-4,9-12H2,1-2H3. The molecular formula is C16H25NO. The van der Waals surface area contributed by atoms with Crippen LogP contribution in [0.5, 0.6) is 5.75 Å².